The van der Waals surface area contributed by atoms with Crippen molar-refractivity contribution in [2.75, 3.05) is 13.1 Å². The van der Waals surface area contributed by atoms with Gasteiger partial charge in [0.05, 0.1) is 6.04 Å². The summed E-state index contributed by atoms with van der Waals surface area (Å²) < 4.78 is 2.44. The number of H-pyrrole nitrogens is 1. The molecular formula is C23H30N4OS. The normalized spacial score (nSPS) is 12.4. The molecule has 2 N–H and O–H groups in total. The summed E-state index contributed by atoms with van der Waals surface area (Å²) in [5.41, 5.74) is 2.56. The van der Waals surface area contributed by atoms with Crippen molar-refractivity contribution in [3.05, 3.63) is 60.0 Å². The number of pyridine rings is 1. The van der Waals surface area contributed by atoms with Gasteiger partial charge in [-0.3, -0.25) is 9.78 Å². The Balaban J connectivity index is 1.60. The maximum Gasteiger partial charge on any atom is 0.268 e. The van der Waals surface area contributed by atoms with Crippen LogP contribution < -0.4 is 5.32 Å². The van der Waals surface area contributed by atoms with Crippen molar-refractivity contribution in [1.29, 1.82) is 0 Å². The highest BCUT2D eigenvalue weighted by Crippen LogP contribution is 2.25. The minimum Gasteiger partial charge on any atom is -0.350 e. The number of benzene rings is 1. The van der Waals surface area contributed by atoms with E-state index in [1.165, 1.54) is 17.7 Å². The van der Waals surface area contributed by atoms with Gasteiger partial charge in [-0.05, 0) is 61.5 Å². The monoisotopic (exact) mass is 410 g/mol. The lowest BCUT2D eigenvalue weighted by Crippen LogP contribution is -2.26. The van der Waals surface area contributed by atoms with Gasteiger partial charge in [-0.2, -0.15) is 0 Å². The van der Waals surface area contributed by atoms with Crippen LogP contribution in [0, 0.1) is 0 Å². The predicted molar refractivity (Wildman–Crippen MR) is 121 cm³/mol. The summed E-state index contributed by atoms with van der Waals surface area (Å²) in [6, 6.07) is 12.1. The predicted octanol–water partition coefficient (Wildman–Crippen LogP) is 5.57. The van der Waals surface area contributed by atoms with E-state index in [1.54, 1.807) is 12.4 Å². The fourth-order valence-corrected chi connectivity index (χ4v) is 4.26. The molecule has 0 saturated heterocycles. The molecule has 0 aliphatic rings. The van der Waals surface area contributed by atoms with E-state index >= 15 is 0 Å². The van der Waals surface area contributed by atoms with Gasteiger partial charge in [-0.25, -0.2) is 4.31 Å². The third-order valence-electron chi connectivity index (χ3n) is 4.86. The maximum atomic E-state index is 12.6. The van der Waals surface area contributed by atoms with Crippen LogP contribution in [0.25, 0.3) is 10.9 Å². The molecular weight excluding hydrogens is 380 g/mol. The van der Waals surface area contributed by atoms with Gasteiger partial charge >= 0.3 is 0 Å². The van der Waals surface area contributed by atoms with Crippen molar-refractivity contribution in [3.63, 3.8) is 0 Å². The van der Waals surface area contributed by atoms with Crippen LogP contribution in [0.15, 0.2) is 53.7 Å². The molecule has 3 rings (SSSR count). The Morgan fingerprint density at radius 1 is 1.17 bits per heavy atom. The van der Waals surface area contributed by atoms with Gasteiger partial charge in [0.15, 0.2) is 0 Å². The number of fused-ring (bicyclic) bond motifs is 1. The molecule has 154 valence electrons. The summed E-state index contributed by atoms with van der Waals surface area (Å²) in [6.07, 6.45) is 7.06. The lowest BCUT2D eigenvalue weighted by atomic mass is 10.1. The highest BCUT2D eigenvalue weighted by atomic mass is 32.2. The van der Waals surface area contributed by atoms with Crippen molar-refractivity contribution in [1.82, 2.24) is 19.6 Å². The number of aromatic nitrogens is 2. The fraction of sp³-hybridized carbons (Fsp3) is 0.391. The second-order valence-electron chi connectivity index (χ2n) is 7.28. The molecule has 0 bridgehead atoms. The zero-order valence-corrected chi connectivity index (χ0v) is 18.3. The Morgan fingerprint density at radius 2 is 1.97 bits per heavy atom. The molecule has 2 aromatic heterocycles. The molecule has 6 heteroatoms. The Morgan fingerprint density at radius 3 is 2.66 bits per heavy atom. The lowest BCUT2D eigenvalue weighted by Gasteiger charge is -2.20. The van der Waals surface area contributed by atoms with Crippen LogP contribution in [0.1, 0.15) is 62.1 Å². The number of amides is 1. The minimum absolute atomic E-state index is 0.0714. The second kappa shape index (κ2) is 10.5. The molecule has 0 aliphatic heterocycles. The van der Waals surface area contributed by atoms with Gasteiger partial charge in [0.2, 0.25) is 0 Å². The van der Waals surface area contributed by atoms with E-state index in [4.69, 9.17) is 0 Å². The summed E-state index contributed by atoms with van der Waals surface area (Å²) in [7, 11) is 0. The summed E-state index contributed by atoms with van der Waals surface area (Å²) in [4.78, 5) is 21.1. The van der Waals surface area contributed by atoms with E-state index in [0.29, 0.717) is 5.69 Å². The minimum atomic E-state index is -0.110. The van der Waals surface area contributed by atoms with Crippen molar-refractivity contribution < 1.29 is 4.79 Å². The number of unbranched alkanes of at least 4 members (excludes halogenated alkanes) is 1. The number of rotatable bonds is 10. The molecule has 0 aliphatic carbocycles. The van der Waals surface area contributed by atoms with Gasteiger partial charge in [-0.1, -0.05) is 32.4 Å². The van der Waals surface area contributed by atoms with E-state index in [9.17, 15) is 4.79 Å². The van der Waals surface area contributed by atoms with Crippen LogP contribution >= 0.6 is 11.9 Å². The summed E-state index contributed by atoms with van der Waals surface area (Å²) in [5.74, 6) is -0.110. The average Bonchev–Trinajstić information content (AvgIpc) is 3.17. The number of nitrogens with one attached hydrogen (secondary N) is 2. The van der Waals surface area contributed by atoms with Crippen LogP contribution in [-0.4, -0.2) is 33.3 Å². The highest BCUT2D eigenvalue weighted by molar-refractivity contribution is 7.97. The number of carbonyl (C=O) groups is 1. The average molecular weight is 411 g/mol. The summed E-state index contributed by atoms with van der Waals surface area (Å²) >= 11 is 1.82. The van der Waals surface area contributed by atoms with Gasteiger partial charge in [-0.15, -0.1) is 0 Å². The van der Waals surface area contributed by atoms with E-state index < -0.39 is 0 Å². The SMILES string of the molecule is CCCCN(CCC)Sc1ccc(C(C)NC(=O)c2cc3cnccc3[nH]2)cc1. The zero-order valence-electron chi connectivity index (χ0n) is 17.4. The second-order valence-corrected chi connectivity index (χ2v) is 8.45. The molecule has 3 aromatic rings. The quantitative estimate of drug-likeness (QED) is 0.429. The summed E-state index contributed by atoms with van der Waals surface area (Å²) in [6.45, 7) is 8.67. The maximum absolute atomic E-state index is 12.6. The molecule has 0 fully saturated rings. The lowest BCUT2D eigenvalue weighted by molar-refractivity contribution is 0.0935. The number of nitrogens with zero attached hydrogens (tertiary/aromatic N) is 2. The van der Waals surface area contributed by atoms with E-state index in [0.717, 1.165) is 36.0 Å². The molecule has 5 nitrogen and oxygen atoms in total. The first-order valence-corrected chi connectivity index (χ1v) is 11.1. The van der Waals surface area contributed by atoms with Crippen LogP contribution in [0.5, 0.6) is 0 Å². The van der Waals surface area contributed by atoms with Crippen molar-refractivity contribution >= 4 is 28.8 Å². The molecule has 1 atom stereocenters. The Kier molecular flexibility index (Phi) is 7.72. The zero-order chi connectivity index (χ0) is 20.6. The van der Waals surface area contributed by atoms with Gasteiger partial charge < -0.3 is 10.3 Å². The van der Waals surface area contributed by atoms with Crippen LogP contribution in [0.2, 0.25) is 0 Å². The van der Waals surface area contributed by atoms with Crippen LogP contribution in [0.4, 0.5) is 0 Å². The number of hydrogen-bond donors (Lipinski definition) is 2. The van der Waals surface area contributed by atoms with Crippen molar-refractivity contribution in [3.8, 4) is 0 Å². The molecule has 0 saturated carbocycles. The van der Waals surface area contributed by atoms with Gasteiger partial charge in [0.1, 0.15) is 5.69 Å². The largest absolute Gasteiger partial charge is 0.350 e. The smallest absolute Gasteiger partial charge is 0.268 e. The Hall–Kier alpha value is -2.31. The summed E-state index contributed by atoms with van der Waals surface area (Å²) in [5, 5.41) is 4.01. The molecule has 1 aromatic carbocycles. The van der Waals surface area contributed by atoms with Crippen LogP contribution in [0.3, 0.4) is 0 Å². The topological polar surface area (TPSA) is 61.0 Å². The first-order chi connectivity index (χ1) is 14.1. The van der Waals surface area contributed by atoms with E-state index in [1.807, 2.05) is 31.0 Å². The number of hydrogen-bond acceptors (Lipinski definition) is 4. The molecule has 2 heterocycles. The third-order valence-corrected chi connectivity index (χ3v) is 5.97. The van der Waals surface area contributed by atoms with Gasteiger partial charge in [0, 0.05) is 41.3 Å². The molecule has 0 spiro atoms. The van der Waals surface area contributed by atoms with Crippen LogP contribution in [-0.2, 0) is 0 Å². The van der Waals surface area contributed by atoms with E-state index in [2.05, 4.69) is 57.7 Å². The molecule has 29 heavy (non-hydrogen) atoms. The molecule has 0 radical (unpaired) electrons. The number of carbonyl (C=O) groups excluding carboxylic acids is 1. The Labute approximate surface area is 177 Å². The Bertz CT molecular complexity index is 889. The number of aromatic amines is 1. The molecule has 1 unspecified atom stereocenters. The van der Waals surface area contributed by atoms with Crippen molar-refractivity contribution in [2.24, 2.45) is 0 Å². The molecule has 1 amide bonds. The first kappa shape index (κ1) is 21.4. The fourth-order valence-electron chi connectivity index (χ4n) is 3.21. The van der Waals surface area contributed by atoms with E-state index in [-0.39, 0.29) is 11.9 Å². The van der Waals surface area contributed by atoms with Crippen molar-refractivity contribution in [2.45, 2.75) is 51.0 Å². The van der Waals surface area contributed by atoms with Gasteiger partial charge in [0.25, 0.3) is 5.91 Å². The standard InChI is InChI=1S/C23H30N4OS/c1-4-6-14-27(13-5-2)29-20-9-7-18(8-10-20)17(3)25-23(28)22-15-19-16-24-12-11-21(19)26-22/h7-12,15-17,26H,4-6,13-14H2,1-3H3,(H,25,28). The third kappa shape index (κ3) is 5.84. The highest BCUT2D eigenvalue weighted by Gasteiger charge is 2.14. The first-order valence-electron chi connectivity index (χ1n) is 10.4.